The molecule has 1 fully saturated rings. The number of hydroxylamine groups is 2. The van der Waals surface area contributed by atoms with Crippen LogP contribution in [0.2, 0.25) is 0 Å². The summed E-state index contributed by atoms with van der Waals surface area (Å²) < 4.78 is 28.0. The normalized spacial score (nSPS) is 17.2. The van der Waals surface area contributed by atoms with E-state index in [1.54, 1.807) is 0 Å². The van der Waals surface area contributed by atoms with Gasteiger partial charge in [0.05, 0.1) is 0 Å². The van der Waals surface area contributed by atoms with Crippen LogP contribution in [-0.4, -0.2) is 57.9 Å². The minimum atomic E-state index is -4.27. The summed E-state index contributed by atoms with van der Waals surface area (Å²) in [6, 6.07) is -1.56. The summed E-state index contributed by atoms with van der Waals surface area (Å²) in [6.45, 7) is 0. The summed E-state index contributed by atoms with van der Waals surface area (Å²) in [4.78, 5) is 30.4. The van der Waals surface area contributed by atoms with Crippen molar-refractivity contribution in [2.75, 3.05) is 5.75 Å². The molecule has 5 N–H and O–H groups in total. The maximum Gasteiger partial charge on any atom is 0.321 e. The molecular formula is C7H12N2O8S. The van der Waals surface area contributed by atoms with Gasteiger partial charge >= 0.3 is 5.97 Å². The number of nitrogens with two attached hydrogens (primary N) is 1. The van der Waals surface area contributed by atoms with Gasteiger partial charge in [0.2, 0.25) is 0 Å². The van der Waals surface area contributed by atoms with Crippen molar-refractivity contribution in [3.63, 3.8) is 0 Å². The van der Waals surface area contributed by atoms with E-state index >= 15 is 0 Å². The van der Waals surface area contributed by atoms with E-state index in [-0.39, 0.29) is 17.9 Å². The van der Waals surface area contributed by atoms with Crippen LogP contribution in [0.3, 0.4) is 0 Å². The Balaban J connectivity index is 0.000000327. The van der Waals surface area contributed by atoms with Crippen LogP contribution in [0.25, 0.3) is 0 Å². The number of carboxylic acid groups (broad SMARTS) is 1. The molecule has 1 aliphatic rings. The minimum absolute atomic E-state index is 0.148. The Kier molecular flexibility index (Phi) is 5.84. The topological polar surface area (TPSA) is 175 Å². The van der Waals surface area contributed by atoms with E-state index in [2.05, 4.69) is 0 Å². The molecule has 104 valence electrons. The Morgan fingerprint density at radius 3 is 1.83 bits per heavy atom. The molecule has 0 bridgehead atoms. The van der Waals surface area contributed by atoms with Gasteiger partial charge in [-0.25, -0.2) is 0 Å². The third kappa shape index (κ3) is 6.24. The number of amides is 2. The molecule has 0 saturated carbocycles. The first-order valence-electron chi connectivity index (χ1n) is 4.53. The maximum atomic E-state index is 10.2. The fraction of sp³-hybridized carbons (Fsp3) is 0.571. The number of nitrogens with zero attached hydrogens (tertiary/aromatic N) is 1. The molecule has 0 aromatic rings. The summed E-state index contributed by atoms with van der Waals surface area (Å²) in [5.74, 6) is -3.43. The van der Waals surface area contributed by atoms with Gasteiger partial charge in [-0.2, -0.15) is 13.5 Å². The van der Waals surface area contributed by atoms with Crippen LogP contribution in [0, 0.1) is 0 Å². The zero-order valence-corrected chi connectivity index (χ0v) is 9.83. The second kappa shape index (κ2) is 6.39. The predicted molar refractivity (Wildman–Crippen MR) is 54.9 cm³/mol. The molecule has 2 amide bonds. The summed E-state index contributed by atoms with van der Waals surface area (Å²) in [5, 5.41) is 16.6. The molecule has 0 spiro atoms. The fourth-order valence-corrected chi connectivity index (χ4v) is 1.46. The van der Waals surface area contributed by atoms with Crippen LogP contribution in [0.4, 0.5) is 0 Å². The van der Waals surface area contributed by atoms with Crippen molar-refractivity contribution in [2.24, 2.45) is 5.73 Å². The standard InChI is InChI=1S/C4H5NO3.C3H7NO5S/c6-3-1-2-4(7)5(3)8;4-2(3(5)6)1-10(7,8)9/h8H,1-2H2;2H,1,4H2,(H,5,6)(H,7,8,9)/t;2-/m.0/s1. The van der Waals surface area contributed by atoms with Gasteiger partial charge in [-0.3, -0.25) is 24.1 Å². The minimum Gasteiger partial charge on any atom is -0.480 e. The van der Waals surface area contributed by atoms with Gasteiger partial charge in [-0.15, -0.1) is 0 Å². The predicted octanol–water partition coefficient (Wildman–Crippen LogP) is -2.19. The number of aliphatic carboxylic acids is 1. The van der Waals surface area contributed by atoms with Gasteiger partial charge in [0.15, 0.2) is 0 Å². The van der Waals surface area contributed by atoms with Crippen LogP contribution in [0.15, 0.2) is 0 Å². The first-order chi connectivity index (χ1) is 8.04. The van der Waals surface area contributed by atoms with E-state index in [4.69, 9.17) is 20.6 Å². The lowest BCUT2D eigenvalue weighted by atomic mass is 10.4. The highest BCUT2D eigenvalue weighted by Crippen LogP contribution is 2.07. The van der Waals surface area contributed by atoms with Crippen LogP contribution in [0.1, 0.15) is 12.8 Å². The average molecular weight is 284 g/mol. The van der Waals surface area contributed by atoms with E-state index in [1.165, 1.54) is 0 Å². The molecule has 1 saturated heterocycles. The van der Waals surface area contributed by atoms with Crippen molar-refractivity contribution in [1.29, 1.82) is 0 Å². The smallest absolute Gasteiger partial charge is 0.321 e. The molecule has 11 heteroatoms. The maximum absolute atomic E-state index is 10.2. The highest BCUT2D eigenvalue weighted by Gasteiger charge is 2.26. The molecule has 0 radical (unpaired) electrons. The number of hydrogen-bond donors (Lipinski definition) is 4. The highest BCUT2D eigenvalue weighted by atomic mass is 32.2. The Labute approximate surface area is 102 Å². The third-order valence-corrected chi connectivity index (χ3v) is 2.51. The van der Waals surface area contributed by atoms with E-state index in [9.17, 15) is 22.8 Å². The SMILES string of the molecule is N[C@@H](CS(=O)(=O)O)C(=O)O.O=C1CCC(=O)N1O. The number of hydrogen-bond acceptors (Lipinski definition) is 7. The van der Waals surface area contributed by atoms with Gasteiger partial charge in [0.25, 0.3) is 21.9 Å². The lowest BCUT2D eigenvalue weighted by Gasteiger charge is -2.01. The summed E-state index contributed by atoms with van der Waals surface area (Å²) in [6.07, 6.45) is 0.296. The quantitative estimate of drug-likeness (QED) is 0.254. The van der Waals surface area contributed by atoms with Crippen molar-refractivity contribution in [3.8, 4) is 0 Å². The van der Waals surface area contributed by atoms with Gasteiger partial charge in [0, 0.05) is 12.8 Å². The molecule has 1 rings (SSSR count). The van der Waals surface area contributed by atoms with Crippen molar-refractivity contribution >= 4 is 27.9 Å². The lowest BCUT2D eigenvalue weighted by molar-refractivity contribution is -0.171. The van der Waals surface area contributed by atoms with Gasteiger partial charge in [0.1, 0.15) is 11.8 Å². The summed E-state index contributed by atoms with van der Waals surface area (Å²) in [5.41, 5.74) is 4.76. The summed E-state index contributed by atoms with van der Waals surface area (Å²) >= 11 is 0. The van der Waals surface area contributed by atoms with Gasteiger partial charge < -0.3 is 10.8 Å². The third-order valence-electron chi connectivity index (χ3n) is 1.73. The molecule has 0 aromatic carbocycles. The van der Waals surface area contributed by atoms with E-state index in [0.717, 1.165) is 0 Å². The molecule has 1 aliphatic heterocycles. The number of carbonyl (C=O) groups is 3. The van der Waals surface area contributed by atoms with Crippen LogP contribution in [-0.2, 0) is 24.5 Å². The highest BCUT2D eigenvalue weighted by molar-refractivity contribution is 7.85. The van der Waals surface area contributed by atoms with Crippen LogP contribution < -0.4 is 5.73 Å². The molecule has 18 heavy (non-hydrogen) atoms. The van der Waals surface area contributed by atoms with Crippen LogP contribution >= 0.6 is 0 Å². The second-order valence-electron chi connectivity index (χ2n) is 3.29. The first kappa shape index (κ1) is 16.4. The Morgan fingerprint density at radius 1 is 1.33 bits per heavy atom. The molecule has 10 nitrogen and oxygen atoms in total. The first-order valence-corrected chi connectivity index (χ1v) is 6.13. The second-order valence-corrected chi connectivity index (χ2v) is 4.79. The Morgan fingerprint density at radius 2 is 1.72 bits per heavy atom. The van der Waals surface area contributed by atoms with Gasteiger partial charge in [-0.05, 0) is 0 Å². The zero-order chi connectivity index (χ0) is 14.5. The van der Waals surface area contributed by atoms with E-state index in [1.807, 2.05) is 0 Å². The molecular weight excluding hydrogens is 272 g/mol. The molecule has 1 atom stereocenters. The number of carbonyl (C=O) groups excluding carboxylic acids is 2. The lowest BCUT2D eigenvalue weighted by Crippen LogP contribution is -2.36. The number of rotatable bonds is 3. The Bertz CT molecular complexity index is 428. The molecule has 1 heterocycles. The molecule has 0 aliphatic carbocycles. The molecule has 0 aromatic heterocycles. The number of carboxylic acids is 1. The van der Waals surface area contributed by atoms with Crippen molar-refractivity contribution < 1.29 is 37.7 Å². The largest absolute Gasteiger partial charge is 0.480 e. The van der Waals surface area contributed by atoms with Crippen molar-refractivity contribution in [1.82, 2.24) is 5.06 Å². The monoisotopic (exact) mass is 284 g/mol. The zero-order valence-electron chi connectivity index (χ0n) is 9.01. The van der Waals surface area contributed by atoms with Gasteiger partial charge in [-0.1, -0.05) is 0 Å². The Hall–Kier alpha value is -1.56. The average Bonchev–Trinajstić information content (AvgIpc) is 2.48. The number of imide groups is 1. The summed E-state index contributed by atoms with van der Waals surface area (Å²) in [7, 11) is -4.27. The van der Waals surface area contributed by atoms with Crippen LogP contribution in [0.5, 0.6) is 0 Å². The van der Waals surface area contributed by atoms with Crippen molar-refractivity contribution in [2.45, 2.75) is 18.9 Å². The molecule has 0 unspecified atom stereocenters. The van der Waals surface area contributed by atoms with Crippen molar-refractivity contribution in [3.05, 3.63) is 0 Å². The fourth-order valence-electron chi connectivity index (χ4n) is 0.863. The van der Waals surface area contributed by atoms with E-state index < -0.39 is 39.7 Å². The van der Waals surface area contributed by atoms with E-state index in [0.29, 0.717) is 0 Å².